The molecule has 8 nitrogen and oxygen atoms in total. The first kappa shape index (κ1) is 17.1. The van der Waals surface area contributed by atoms with Gasteiger partial charge in [0.2, 0.25) is 11.6 Å². The second-order valence-corrected chi connectivity index (χ2v) is 6.05. The Kier molecular flexibility index (Phi) is 4.80. The molecule has 0 bridgehead atoms. The topological polar surface area (TPSA) is 100 Å². The molecule has 0 saturated carbocycles. The van der Waals surface area contributed by atoms with Crippen molar-refractivity contribution >= 4 is 17.5 Å². The number of aliphatic hydroxyl groups is 1. The summed E-state index contributed by atoms with van der Waals surface area (Å²) in [4.78, 5) is 26.7. The third-order valence-corrected chi connectivity index (χ3v) is 4.33. The largest absolute Gasteiger partial charge is 0.394 e. The van der Waals surface area contributed by atoms with Crippen LogP contribution in [0.1, 0.15) is 29.4 Å². The number of anilines is 2. The highest BCUT2D eigenvalue weighted by molar-refractivity contribution is 5.92. The summed E-state index contributed by atoms with van der Waals surface area (Å²) in [6, 6.07) is 7.50. The van der Waals surface area contributed by atoms with Crippen LogP contribution in [0.4, 0.5) is 11.6 Å². The lowest BCUT2D eigenvalue weighted by atomic mass is 10.2. The summed E-state index contributed by atoms with van der Waals surface area (Å²) in [5, 5.41) is 19.7. The van der Waals surface area contributed by atoms with E-state index in [0.29, 0.717) is 25.5 Å². The molecule has 0 saturated heterocycles. The van der Waals surface area contributed by atoms with E-state index in [0.717, 1.165) is 11.3 Å². The molecule has 0 spiro atoms. The van der Waals surface area contributed by atoms with Gasteiger partial charge in [-0.25, -0.2) is 0 Å². The van der Waals surface area contributed by atoms with Gasteiger partial charge in [-0.1, -0.05) is 24.6 Å². The number of amides is 1. The summed E-state index contributed by atoms with van der Waals surface area (Å²) in [6.45, 7) is 4.68. The van der Waals surface area contributed by atoms with Crippen molar-refractivity contribution < 1.29 is 9.90 Å². The number of hydrogen-bond donors (Lipinski definition) is 2. The Hall–Kier alpha value is -2.74. The van der Waals surface area contributed by atoms with Crippen LogP contribution in [0.3, 0.4) is 0 Å². The highest BCUT2D eigenvalue weighted by Crippen LogP contribution is 2.26. The number of carbonyl (C=O) groups excluding carboxylic acids is 1. The lowest BCUT2D eigenvalue weighted by Gasteiger charge is -2.17. The number of aliphatic hydroxyl groups excluding tert-OH is 1. The van der Waals surface area contributed by atoms with Crippen LogP contribution < -0.4 is 15.8 Å². The van der Waals surface area contributed by atoms with Gasteiger partial charge in [0.25, 0.3) is 11.5 Å². The molecule has 2 N–H and O–H groups in total. The molecule has 0 radical (unpaired) electrons. The van der Waals surface area contributed by atoms with E-state index in [-0.39, 0.29) is 12.3 Å². The zero-order valence-corrected chi connectivity index (χ0v) is 14.3. The van der Waals surface area contributed by atoms with Gasteiger partial charge in [-0.05, 0) is 25.5 Å². The monoisotopic (exact) mass is 343 g/mol. The minimum atomic E-state index is -0.609. The number of hydrogen-bond acceptors (Lipinski definition) is 6. The molecule has 1 aromatic heterocycles. The van der Waals surface area contributed by atoms with Crippen LogP contribution in [0.25, 0.3) is 0 Å². The number of nitrogens with one attached hydrogen (secondary N) is 1. The number of aryl methyl sites for hydroxylation is 1. The van der Waals surface area contributed by atoms with Crippen LogP contribution >= 0.6 is 0 Å². The molecule has 8 heteroatoms. The number of benzene rings is 1. The van der Waals surface area contributed by atoms with Crippen LogP contribution in [0.15, 0.2) is 29.1 Å². The van der Waals surface area contributed by atoms with Crippen molar-refractivity contribution in [1.82, 2.24) is 20.1 Å². The normalized spacial score (nSPS) is 14.3. The fourth-order valence-electron chi connectivity index (χ4n) is 2.75. The maximum atomic E-state index is 12.6. The molecule has 1 aromatic carbocycles. The molecule has 3 rings (SSSR count). The number of carbonyl (C=O) groups is 1. The fraction of sp³-hybridized carbons (Fsp3) is 0.412. The Morgan fingerprint density at radius 1 is 1.28 bits per heavy atom. The van der Waals surface area contributed by atoms with Crippen molar-refractivity contribution in [1.29, 1.82) is 0 Å². The Morgan fingerprint density at radius 3 is 2.64 bits per heavy atom. The summed E-state index contributed by atoms with van der Waals surface area (Å²) in [7, 11) is 0. The lowest BCUT2D eigenvalue weighted by Crippen LogP contribution is -2.41. The van der Waals surface area contributed by atoms with Gasteiger partial charge < -0.3 is 15.3 Å². The minimum absolute atomic E-state index is 0.191. The van der Waals surface area contributed by atoms with E-state index in [4.69, 9.17) is 0 Å². The molecule has 1 atom stereocenters. The minimum Gasteiger partial charge on any atom is -0.394 e. The van der Waals surface area contributed by atoms with Crippen LogP contribution in [0.5, 0.6) is 0 Å². The zero-order valence-electron chi connectivity index (χ0n) is 14.3. The number of fused-ring (bicyclic) bond motifs is 1. The maximum absolute atomic E-state index is 12.6. The molecule has 1 amide bonds. The van der Waals surface area contributed by atoms with Crippen LogP contribution in [-0.2, 0) is 6.54 Å². The molecule has 2 aromatic rings. The molecule has 132 valence electrons. The average molecular weight is 343 g/mol. The first-order valence-electron chi connectivity index (χ1n) is 8.28. The second-order valence-electron chi connectivity index (χ2n) is 6.05. The SMILES string of the molecule is CC[C@@H](CO)NC(=O)c1nnc2n(c1=O)CCN2c1ccc(C)cc1. The van der Waals surface area contributed by atoms with E-state index in [2.05, 4.69) is 15.5 Å². The quantitative estimate of drug-likeness (QED) is 0.824. The highest BCUT2D eigenvalue weighted by atomic mass is 16.3. The first-order valence-corrected chi connectivity index (χ1v) is 8.28. The van der Waals surface area contributed by atoms with Crippen LogP contribution in [-0.4, -0.2) is 45.0 Å². The van der Waals surface area contributed by atoms with Crippen LogP contribution in [0.2, 0.25) is 0 Å². The molecule has 2 heterocycles. The summed E-state index contributed by atoms with van der Waals surface area (Å²) in [6.07, 6.45) is 0.559. The van der Waals surface area contributed by atoms with Gasteiger partial charge in [0.1, 0.15) is 0 Å². The predicted octanol–water partition coefficient (Wildman–Crippen LogP) is 0.599. The van der Waals surface area contributed by atoms with E-state index in [1.807, 2.05) is 43.0 Å². The molecule has 0 aliphatic carbocycles. The molecule has 1 aliphatic heterocycles. The van der Waals surface area contributed by atoms with Crippen LogP contribution in [0, 0.1) is 6.92 Å². The maximum Gasteiger partial charge on any atom is 0.286 e. The van der Waals surface area contributed by atoms with E-state index in [1.54, 1.807) is 0 Å². The van der Waals surface area contributed by atoms with E-state index < -0.39 is 17.5 Å². The van der Waals surface area contributed by atoms with Gasteiger partial charge in [-0.3, -0.25) is 14.2 Å². The standard InChI is InChI=1S/C17H21N5O3/c1-3-12(10-23)18-15(24)14-16(25)22-9-8-21(17(22)20-19-14)13-6-4-11(2)5-7-13/h4-7,12,23H,3,8-10H2,1-2H3,(H,18,24)/t12-/m0/s1. The Balaban J connectivity index is 1.90. The van der Waals surface area contributed by atoms with Gasteiger partial charge in [0, 0.05) is 18.8 Å². The van der Waals surface area contributed by atoms with Crippen molar-refractivity contribution in [3.05, 3.63) is 45.9 Å². The summed E-state index contributed by atoms with van der Waals surface area (Å²) in [5.41, 5.74) is 1.35. The molecule has 0 unspecified atom stereocenters. The third kappa shape index (κ3) is 3.25. The van der Waals surface area contributed by atoms with Gasteiger partial charge in [0.05, 0.1) is 12.6 Å². The van der Waals surface area contributed by atoms with Crippen molar-refractivity contribution in [3.63, 3.8) is 0 Å². The first-order chi connectivity index (χ1) is 12.0. The molecule has 1 aliphatic rings. The lowest BCUT2D eigenvalue weighted by molar-refractivity contribution is 0.0906. The van der Waals surface area contributed by atoms with Crippen molar-refractivity contribution in [2.24, 2.45) is 0 Å². The number of nitrogens with zero attached hydrogens (tertiary/aromatic N) is 4. The van der Waals surface area contributed by atoms with Crippen molar-refractivity contribution in [2.45, 2.75) is 32.9 Å². The number of aromatic nitrogens is 3. The molecule has 0 fully saturated rings. The van der Waals surface area contributed by atoms with E-state index in [9.17, 15) is 14.7 Å². The Bertz CT molecular complexity index is 827. The Labute approximate surface area is 145 Å². The molecular formula is C17H21N5O3. The Morgan fingerprint density at radius 2 is 2.00 bits per heavy atom. The average Bonchev–Trinajstić information content (AvgIpc) is 3.05. The summed E-state index contributed by atoms with van der Waals surface area (Å²) in [5.74, 6) is -0.179. The van der Waals surface area contributed by atoms with Gasteiger partial charge >= 0.3 is 0 Å². The molecule has 25 heavy (non-hydrogen) atoms. The van der Waals surface area contributed by atoms with E-state index >= 15 is 0 Å². The summed E-state index contributed by atoms with van der Waals surface area (Å²) < 4.78 is 1.46. The predicted molar refractivity (Wildman–Crippen MR) is 93.1 cm³/mol. The van der Waals surface area contributed by atoms with Gasteiger partial charge in [0.15, 0.2) is 0 Å². The smallest absolute Gasteiger partial charge is 0.286 e. The second kappa shape index (κ2) is 7.02. The zero-order chi connectivity index (χ0) is 18.0. The van der Waals surface area contributed by atoms with Gasteiger partial charge in [-0.2, -0.15) is 0 Å². The highest BCUT2D eigenvalue weighted by Gasteiger charge is 2.27. The van der Waals surface area contributed by atoms with E-state index in [1.165, 1.54) is 4.57 Å². The van der Waals surface area contributed by atoms with Crippen molar-refractivity contribution in [3.8, 4) is 0 Å². The van der Waals surface area contributed by atoms with Crippen molar-refractivity contribution in [2.75, 3.05) is 18.1 Å². The molecular weight excluding hydrogens is 322 g/mol. The number of rotatable bonds is 5. The summed E-state index contributed by atoms with van der Waals surface area (Å²) >= 11 is 0. The third-order valence-electron chi connectivity index (χ3n) is 4.33. The van der Waals surface area contributed by atoms with Gasteiger partial charge in [-0.15, -0.1) is 10.2 Å². The fourth-order valence-corrected chi connectivity index (χ4v) is 2.75.